The SMILES string of the molecule is COc1ccc(-c2c(C)oc3cc(OCCN4CCC(C(N)=O)CC4)ccc3c2=O)cc1OC. The van der Waals surface area contributed by atoms with Gasteiger partial charge in [0.25, 0.3) is 0 Å². The number of hydrogen-bond donors (Lipinski definition) is 1. The van der Waals surface area contributed by atoms with E-state index in [0.29, 0.717) is 51.7 Å². The minimum absolute atomic E-state index is 0.0207. The molecule has 1 amide bonds. The Balaban J connectivity index is 1.49. The quantitative estimate of drug-likeness (QED) is 0.543. The van der Waals surface area contributed by atoms with Crippen molar-refractivity contribution in [2.45, 2.75) is 19.8 Å². The number of nitrogens with zero attached hydrogens (tertiary/aromatic N) is 1. The van der Waals surface area contributed by atoms with Crippen LogP contribution in [0.1, 0.15) is 18.6 Å². The van der Waals surface area contributed by atoms with Crippen LogP contribution in [0.25, 0.3) is 22.1 Å². The van der Waals surface area contributed by atoms with Gasteiger partial charge < -0.3 is 24.4 Å². The molecule has 1 aliphatic rings. The summed E-state index contributed by atoms with van der Waals surface area (Å²) in [5, 5.41) is 0.483. The van der Waals surface area contributed by atoms with E-state index in [4.69, 9.17) is 24.4 Å². The maximum Gasteiger partial charge on any atom is 0.220 e. The molecule has 3 aromatic rings. The number of benzene rings is 2. The third-order valence-electron chi connectivity index (χ3n) is 6.38. The lowest BCUT2D eigenvalue weighted by molar-refractivity contribution is -0.123. The van der Waals surface area contributed by atoms with Crippen LogP contribution >= 0.6 is 0 Å². The predicted octanol–water partition coefficient (Wildman–Crippen LogP) is 3.36. The largest absolute Gasteiger partial charge is 0.493 e. The van der Waals surface area contributed by atoms with Crippen molar-refractivity contribution in [1.82, 2.24) is 4.90 Å². The Hall–Kier alpha value is -3.52. The Kier molecular flexibility index (Phi) is 7.07. The molecule has 1 aromatic heterocycles. The highest BCUT2D eigenvalue weighted by Gasteiger charge is 2.23. The summed E-state index contributed by atoms with van der Waals surface area (Å²) in [6.45, 7) is 4.70. The number of amides is 1. The molecule has 0 spiro atoms. The minimum Gasteiger partial charge on any atom is -0.493 e. The van der Waals surface area contributed by atoms with Crippen molar-refractivity contribution in [2.24, 2.45) is 11.7 Å². The van der Waals surface area contributed by atoms with Crippen LogP contribution in [0.2, 0.25) is 0 Å². The molecule has 8 heteroatoms. The topological polar surface area (TPSA) is 104 Å². The third-order valence-corrected chi connectivity index (χ3v) is 6.38. The number of likely N-dealkylation sites (tertiary alicyclic amines) is 1. The molecule has 0 unspecified atom stereocenters. The number of piperidine rings is 1. The molecule has 0 radical (unpaired) electrons. The summed E-state index contributed by atoms with van der Waals surface area (Å²) in [5.41, 5.74) is 6.95. The summed E-state index contributed by atoms with van der Waals surface area (Å²) < 4.78 is 22.6. The van der Waals surface area contributed by atoms with Crippen molar-refractivity contribution in [2.75, 3.05) is 40.5 Å². The van der Waals surface area contributed by atoms with Gasteiger partial charge >= 0.3 is 0 Å². The Labute approximate surface area is 198 Å². The van der Waals surface area contributed by atoms with Crippen LogP contribution in [0.15, 0.2) is 45.6 Å². The number of carbonyl (C=O) groups is 1. The van der Waals surface area contributed by atoms with Crippen LogP contribution in [-0.4, -0.2) is 51.3 Å². The van der Waals surface area contributed by atoms with Gasteiger partial charge in [0.05, 0.1) is 25.2 Å². The van der Waals surface area contributed by atoms with Gasteiger partial charge in [0, 0.05) is 18.5 Å². The van der Waals surface area contributed by atoms with Crippen LogP contribution < -0.4 is 25.4 Å². The van der Waals surface area contributed by atoms with Crippen molar-refractivity contribution < 1.29 is 23.4 Å². The number of primary amides is 1. The Morgan fingerprint density at radius 2 is 1.82 bits per heavy atom. The van der Waals surface area contributed by atoms with E-state index in [1.165, 1.54) is 0 Å². The number of methoxy groups -OCH3 is 2. The fraction of sp³-hybridized carbons (Fsp3) is 0.385. The second-order valence-corrected chi connectivity index (χ2v) is 8.46. The van der Waals surface area contributed by atoms with Gasteiger partial charge in [0.1, 0.15) is 23.7 Å². The highest BCUT2D eigenvalue weighted by molar-refractivity contribution is 5.84. The van der Waals surface area contributed by atoms with Gasteiger partial charge in [0.15, 0.2) is 11.5 Å². The highest BCUT2D eigenvalue weighted by atomic mass is 16.5. The second-order valence-electron chi connectivity index (χ2n) is 8.46. The van der Waals surface area contributed by atoms with Gasteiger partial charge in [-0.2, -0.15) is 0 Å². The van der Waals surface area contributed by atoms with Crippen LogP contribution in [0.3, 0.4) is 0 Å². The van der Waals surface area contributed by atoms with Gasteiger partial charge in [-0.25, -0.2) is 0 Å². The first-order valence-corrected chi connectivity index (χ1v) is 11.4. The standard InChI is InChI=1S/C26H30N2O6/c1-16-24(18-4-7-21(31-2)23(14-18)32-3)25(29)20-6-5-19(15-22(20)34-16)33-13-12-28-10-8-17(9-11-28)26(27)30/h4-7,14-15,17H,8-13H2,1-3H3,(H2,27,30). The monoisotopic (exact) mass is 466 g/mol. The molecule has 2 N–H and O–H groups in total. The lowest BCUT2D eigenvalue weighted by Gasteiger charge is -2.30. The molecule has 0 aliphatic carbocycles. The number of carbonyl (C=O) groups excluding carboxylic acids is 1. The number of ether oxygens (including phenoxy) is 3. The smallest absolute Gasteiger partial charge is 0.220 e. The molecule has 8 nitrogen and oxygen atoms in total. The Bertz CT molecular complexity index is 1240. The molecule has 1 fully saturated rings. The predicted molar refractivity (Wildman–Crippen MR) is 130 cm³/mol. The molecule has 2 heterocycles. The zero-order chi connectivity index (χ0) is 24.2. The highest BCUT2D eigenvalue weighted by Crippen LogP contribution is 2.33. The fourth-order valence-corrected chi connectivity index (χ4v) is 4.43. The maximum absolute atomic E-state index is 13.3. The summed E-state index contributed by atoms with van der Waals surface area (Å²) in [4.78, 5) is 26.9. The molecular formula is C26H30N2O6. The van der Waals surface area contributed by atoms with Gasteiger partial charge in [-0.3, -0.25) is 14.5 Å². The average molecular weight is 467 g/mol. The summed E-state index contributed by atoms with van der Waals surface area (Å²) in [6.07, 6.45) is 1.58. The van der Waals surface area contributed by atoms with E-state index in [-0.39, 0.29) is 17.3 Å². The molecule has 0 bridgehead atoms. The minimum atomic E-state index is -0.210. The molecule has 1 saturated heterocycles. The Morgan fingerprint density at radius 3 is 2.50 bits per heavy atom. The number of rotatable bonds is 8. The van der Waals surface area contributed by atoms with Gasteiger partial charge in [-0.05, 0) is 62.7 Å². The molecule has 0 saturated carbocycles. The zero-order valence-corrected chi connectivity index (χ0v) is 19.8. The van der Waals surface area contributed by atoms with Crippen molar-refractivity contribution >= 4 is 16.9 Å². The maximum atomic E-state index is 13.3. The molecular weight excluding hydrogens is 436 g/mol. The van der Waals surface area contributed by atoms with Gasteiger partial charge in [-0.1, -0.05) is 6.07 Å². The van der Waals surface area contributed by atoms with E-state index in [2.05, 4.69) is 4.90 Å². The van der Waals surface area contributed by atoms with E-state index in [1.807, 2.05) is 6.07 Å². The molecule has 180 valence electrons. The van der Waals surface area contributed by atoms with Gasteiger partial charge in [0.2, 0.25) is 11.3 Å². The first-order valence-electron chi connectivity index (χ1n) is 11.4. The van der Waals surface area contributed by atoms with E-state index in [0.717, 1.165) is 32.5 Å². The van der Waals surface area contributed by atoms with Crippen LogP contribution in [0, 0.1) is 12.8 Å². The number of fused-ring (bicyclic) bond motifs is 1. The van der Waals surface area contributed by atoms with Crippen LogP contribution in [0.4, 0.5) is 0 Å². The van der Waals surface area contributed by atoms with Crippen molar-refractivity contribution in [1.29, 1.82) is 0 Å². The second kappa shape index (κ2) is 10.2. The van der Waals surface area contributed by atoms with E-state index < -0.39 is 0 Å². The number of hydrogen-bond acceptors (Lipinski definition) is 7. The van der Waals surface area contributed by atoms with Crippen molar-refractivity contribution in [3.8, 4) is 28.4 Å². The first kappa shape index (κ1) is 23.6. The lowest BCUT2D eigenvalue weighted by atomic mass is 9.96. The molecule has 2 aromatic carbocycles. The van der Waals surface area contributed by atoms with E-state index in [9.17, 15) is 9.59 Å². The number of aryl methyl sites for hydroxylation is 1. The normalized spacial score (nSPS) is 14.8. The van der Waals surface area contributed by atoms with E-state index >= 15 is 0 Å². The average Bonchev–Trinajstić information content (AvgIpc) is 2.84. The summed E-state index contributed by atoms with van der Waals surface area (Å²) in [7, 11) is 3.13. The third kappa shape index (κ3) is 4.87. The van der Waals surface area contributed by atoms with E-state index in [1.54, 1.807) is 51.5 Å². The summed E-state index contributed by atoms with van der Waals surface area (Å²) in [5.74, 6) is 2.06. The molecule has 1 aliphatic heterocycles. The van der Waals surface area contributed by atoms with Crippen molar-refractivity contribution in [3.63, 3.8) is 0 Å². The molecule has 34 heavy (non-hydrogen) atoms. The Morgan fingerprint density at radius 1 is 1.09 bits per heavy atom. The van der Waals surface area contributed by atoms with Gasteiger partial charge in [-0.15, -0.1) is 0 Å². The molecule has 4 rings (SSSR count). The summed E-state index contributed by atoms with van der Waals surface area (Å²) >= 11 is 0. The number of nitrogens with two attached hydrogens (primary N) is 1. The van der Waals surface area contributed by atoms with Crippen LogP contribution in [0.5, 0.6) is 17.2 Å². The van der Waals surface area contributed by atoms with Crippen molar-refractivity contribution in [3.05, 3.63) is 52.4 Å². The first-order chi connectivity index (χ1) is 16.4. The fourth-order valence-electron chi connectivity index (χ4n) is 4.43. The summed E-state index contributed by atoms with van der Waals surface area (Å²) in [6, 6.07) is 10.6. The lowest BCUT2D eigenvalue weighted by Crippen LogP contribution is -2.40. The van der Waals surface area contributed by atoms with Crippen LogP contribution in [-0.2, 0) is 4.79 Å². The zero-order valence-electron chi connectivity index (χ0n) is 19.8. The molecule has 0 atom stereocenters.